The lowest BCUT2D eigenvalue weighted by Crippen LogP contribution is -2.43. The molecule has 0 aliphatic carbocycles. The number of hydrogen-bond acceptors (Lipinski definition) is 5. The van der Waals surface area contributed by atoms with Crippen molar-refractivity contribution in [2.75, 3.05) is 48.9 Å². The normalized spacial score (nSPS) is 16.9. The lowest BCUT2D eigenvalue weighted by Gasteiger charge is -2.31. The molecule has 1 amide bonds. The molecule has 0 saturated carbocycles. The largest absolute Gasteiger partial charge is 0.367 e. The molecule has 0 aromatic heterocycles. The molecule has 0 spiro atoms. The Balaban J connectivity index is 1.64. The molecule has 2 saturated heterocycles. The Hall–Kier alpha value is -2.58. The lowest BCUT2D eigenvalue weighted by molar-refractivity contribution is 0.0793. The Morgan fingerprint density at radius 3 is 2.30 bits per heavy atom. The summed E-state index contributed by atoms with van der Waals surface area (Å²) in [5, 5.41) is 3.32. The van der Waals surface area contributed by atoms with E-state index in [1.165, 1.54) is 0 Å². The molecule has 2 aromatic rings. The number of amides is 1. The number of rotatable bonds is 7. The minimum atomic E-state index is -3.80. The summed E-state index contributed by atoms with van der Waals surface area (Å²) in [5.41, 5.74) is 2.88. The molecular formula is C25H34N4O3S. The molecule has 0 bridgehead atoms. The summed E-state index contributed by atoms with van der Waals surface area (Å²) in [7, 11) is -3.80. The van der Waals surface area contributed by atoms with E-state index in [1.54, 1.807) is 18.2 Å². The number of sulfonamides is 1. The van der Waals surface area contributed by atoms with Crippen LogP contribution in [-0.4, -0.2) is 58.5 Å². The molecule has 0 atom stereocenters. The molecule has 2 fully saturated rings. The van der Waals surface area contributed by atoms with Crippen molar-refractivity contribution in [3.63, 3.8) is 0 Å². The smallest absolute Gasteiger partial charge is 0.261 e. The summed E-state index contributed by atoms with van der Waals surface area (Å²) in [5.74, 6) is 0.459. The fraction of sp³-hybridized carbons (Fsp3) is 0.480. The van der Waals surface area contributed by atoms with Crippen LogP contribution in [0.3, 0.4) is 0 Å². The van der Waals surface area contributed by atoms with Gasteiger partial charge in [-0.25, -0.2) is 8.42 Å². The average molecular weight is 471 g/mol. The number of carbonyl (C=O) groups excluding carboxylic acids is 1. The van der Waals surface area contributed by atoms with E-state index in [4.69, 9.17) is 0 Å². The topological polar surface area (TPSA) is 81.8 Å². The van der Waals surface area contributed by atoms with Gasteiger partial charge in [0.05, 0.1) is 16.3 Å². The number of hydrogen-bond donors (Lipinski definition) is 2. The van der Waals surface area contributed by atoms with E-state index in [0.29, 0.717) is 17.2 Å². The predicted molar refractivity (Wildman–Crippen MR) is 132 cm³/mol. The van der Waals surface area contributed by atoms with Gasteiger partial charge in [0.2, 0.25) is 0 Å². The minimum absolute atomic E-state index is 0.0437. The Morgan fingerprint density at radius 2 is 1.67 bits per heavy atom. The first-order chi connectivity index (χ1) is 15.8. The summed E-state index contributed by atoms with van der Waals surface area (Å²) >= 11 is 0. The predicted octanol–water partition coefficient (Wildman–Crippen LogP) is 3.33. The van der Waals surface area contributed by atoms with Crippen LogP contribution in [-0.2, 0) is 16.4 Å². The molecule has 2 aliphatic heterocycles. The fourth-order valence-corrected chi connectivity index (χ4v) is 5.58. The van der Waals surface area contributed by atoms with E-state index < -0.39 is 10.0 Å². The van der Waals surface area contributed by atoms with Crippen molar-refractivity contribution in [3.8, 4) is 0 Å². The Labute approximate surface area is 197 Å². The molecule has 8 heteroatoms. The van der Waals surface area contributed by atoms with Crippen LogP contribution in [0.4, 0.5) is 11.4 Å². The number of nitrogens with one attached hydrogen (secondary N) is 2. The van der Waals surface area contributed by atoms with Crippen LogP contribution >= 0.6 is 0 Å². The van der Waals surface area contributed by atoms with Gasteiger partial charge in [-0.15, -0.1) is 0 Å². The van der Waals surface area contributed by atoms with Gasteiger partial charge in [0.25, 0.3) is 15.9 Å². The van der Waals surface area contributed by atoms with Crippen molar-refractivity contribution in [2.45, 2.75) is 38.0 Å². The molecule has 2 heterocycles. The Morgan fingerprint density at radius 1 is 1.00 bits per heavy atom. The first-order valence-corrected chi connectivity index (χ1v) is 13.3. The van der Waals surface area contributed by atoms with Crippen molar-refractivity contribution in [1.82, 2.24) is 10.2 Å². The van der Waals surface area contributed by atoms with Crippen LogP contribution in [0, 0.1) is 5.92 Å². The maximum Gasteiger partial charge on any atom is 0.261 e. The van der Waals surface area contributed by atoms with Crippen molar-refractivity contribution >= 4 is 27.3 Å². The zero-order chi connectivity index (χ0) is 23.4. The van der Waals surface area contributed by atoms with E-state index in [2.05, 4.69) is 28.8 Å². The molecule has 2 aromatic carbocycles. The molecule has 33 heavy (non-hydrogen) atoms. The first-order valence-electron chi connectivity index (χ1n) is 11.8. The number of benzene rings is 2. The van der Waals surface area contributed by atoms with Gasteiger partial charge >= 0.3 is 0 Å². The fourth-order valence-electron chi connectivity index (χ4n) is 4.51. The van der Waals surface area contributed by atoms with Crippen molar-refractivity contribution < 1.29 is 13.2 Å². The van der Waals surface area contributed by atoms with Gasteiger partial charge in [-0.2, -0.15) is 0 Å². The maximum atomic E-state index is 13.3. The van der Waals surface area contributed by atoms with Crippen LogP contribution in [0.5, 0.6) is 0 Å². The van der Waals surface area contributed by atoms with Crippen LogP contribution in [0.15, 0.2) is 47.4 Å². The van der Waals surface area contributed by atoms with E-state index in [0.717, 1.165) is 69.8 Å². The van der Waals surface area contributed by atoms with E-state index in [1.807, 2.05) is 29.2 Å². The van der Waals surface area contributed by atoms with Crippen LogP contribution in [0.1, 0.15) is 42.6 Å². The van der Waals surface area contributed by atoms with Gasteiger partial charge in [-0.1, -0.05) is 26.0 Å². The SMILES string of the molecule is CC(C)Cc1ccc(S(=O)(=O)Nc2cc(C(=O)N3CCCC3)ccc2N2CCNCC2)cc1. The molecule has 4 rings (SSSR count). The average Bonchev–Trinajstić information content (AvgIpc) is 3.34. The summed E-state index contributed by atoms with van der Waals surface area (Å²) in [6.45, 7) is 9.00. The first kappa shape index (κ1) is 23.6. The molecule has 2 aliphatic rings. The quantitative estimate of drug-likeness (QED) is 0.649. The van der Waals surface area contributed by atoms with Crippen LogP contribution in [0.25, 0.3) is 0 Å². The molecule has 178 valence electrons. The van der Waals surface area contributed by atoms with Gasteiger partial charge in [-0.05, 0) is 61.1 Å². The minimum Gasteiger partial charge on any atom is -0.367 e. The summed E-state index contributed by atoms with van der Waals surface area (Å²) in [6.07, 6.45) is 2.93. The van der Waals surface area contributed by atoms with Gasteiger partial charge in [0, 0.05) is 44.8 Å². The van der Waals surface area contributed by atoms with E-state index in [-0.39, 0.29) is 10.8 Å². The third-order valence-corrected chi connectivity index (χ3v) is 7.60. The van der Waals surface area contributed by atoms with Gasteiger partial charge in [-0.3, -0.25) is 9.52 Å². The summed E-state index contributed by atoms with van der Waals surface area (Å²) in [6, 6.07) is 12.4. The van der Waals surface area contributed by atoms with Crippen molar-refractivity contribution in [1.29, 1.82) is 0 Å². The van der Waals surface area contributed by atoms with E-state index >= 15 is 0 Å². The van der Waals surface area contributed by atoms with Gasteiger partial charge in [0.15, 0.2) is 0 Å². The Bertz CT molecular complexity index is 1070. The molecular weight excluding hydrogens is 436 g/mol. The highest BCUT2D eigenvalue weighted by molar-refractivity contribution is 7.92. The number of anilines is 2. The second-order valence-corrected chi connectivity index (χ2v) is 11.0. The van der Waals surface area contributed by atoms with Gasteiger partial charge < -0.3 is 15.1 Å². The number of carbonyl (C=O) groups is 1. The second-order valence-electron chi connectivity index (χ2n) is 9.32. The molecule has 0 radical (unpaired) electrons. The van der Waals surface area contributed by atoms with Crippen LogP contribution < -0.4 is 14.9 Å². The third kappa shape index (κ3) is 5.68. The number of nitrogens with zero attached hydrogens (tertiary/aromatic N) is 2. The van der Waals surface area contributed by atoms with Crippen LogP contribution in [0.2, 0.25) is 0 Å². The highest BCUT2D eigenvalue weighted by Gasteiger charge is 2.24. The Kier molecular flexibility index (Phi) is 7.24. The molecule has 7 nitrogen and oxygen atoms in total. The third-order valence-electron chi connectivity index (χ3n) is 6.22. The summed E-state index contributed by atoms with van der Waals surface area (Å²) < 4.78 is 29.3. The van der Waals surface area contributed by atoms with Crippen molar-refractivity contribution in [3.05, 3.63) is 53.6 Å². The second kappa shape index (κ2) is 10.1. The monoisotopic (exact) mass is 470 g/mol. The standard InChI is InChI=1S/C25H34N4O3S/c1-19(2)17-20-5-8-22(9-6-20)33(31,32)27-23-18-21(25(30)29-13-3-4-14-29)7-10-24(23)28-15-11-26-12-16-28/h5-10,18-19,26-27H,3-4,11-17H2,1-2H3. The molecule has 2 N–H and O–H groups in total. The van der Waals surface area contributed by atoms with Gasteiger partial charge in [0.1, 0.15) is 0 Å². The maximum absolute atomic E-state index is 13.3. The zero-order valence-electron chi connectivity index (χ0n) is 19.5. The summed E-state index contributed by atoms with van der Waals surface area (Å²) in [4.78, 5) is 17.2. The highest BCUT2D eigenvalue weighted by atomic mass is 32.2. The zero-order valence-corrected chi connectivity index (χ0v) is 20.3. The number of piperazine rings is 1. The molecule has 0 unspecified atom stereocenters. The van der Waals surface area contributed by atoms with Crippen molar-refractivity contribution in [2.24, 2.45) is 5.92 Å². The lowest BCUT2D eigenvalue weighted by atomic mass is 10.0. The van der Waals surface area contributed by atoms with E-state index in [9.17, 15) is 13.2 Å². The number of likely N-dealkylation sites (tertiary alicyclic amines) is 1. The highest BCUT2D eigenvalue weighted by Crippen LogP contribution is 2.31.